The van der Waals surface area contributed by atoms with Crippen LogP contribution in [0.3, 0.4) is 0 Å². The van der Waals surface area contributed by atoms with Gasteiger partial charge in [0.1, 0.15) is 66.2 Å². The van der Waals surface area contributed by atoms with Gasteiger partial charge in [-0.05, 0) is 65.9 Å². The fourth-order valence-electron chi connectivity index (χ4n) is 10.8. The number of anilines is 1. The van der Waals surface area contributed by atoms with Crippen LogP contribution in [0.25, 0.3) is 11.2 Å². The number of aliphatic hydroxyl groups is 1. The van der Waals surface area contributed by atoms with Crippen molar-refractivity contribution in [2.45, 2.75) is 121 Å². The van der Waals surface area contributed by atoms with Crippen LogP contribution < -0.4 is 25.4 Å². The molecular weight excluding hydrogens is 1200 g/mol. The molecule has 2 aliphatic heterocycles. The summed E-state index contributed by atoms with van der Waals surface area (Å²) in [5, 5.41) is 29.3. The summed E-state index contributed by atoms with van der Waals surface area (Å²) in [6.07, 6.45) is -3.88. The van der Waals surface area contributed by atoms with Crippen molar-refractivity contribution >= 4 is 52.6 Å². The number of aliphatic hydroxyl groups excluding tert-OH is 1. The van der Waals surface area contributed by atoms with Gasteiger partial charge in [0.15, 0.2) is 41.7 Å². The second kappa shape index (κ2) is 32.1. The molecule has 4 N–H and O–H groups in total. The summed E-state index contributed by atoms with van der Waals surface area (Å²) in [5.74, 6) is -1.77. The highest BCUT2D eigenvalue weighted by Crippen LogP contribution is 2.44. The fraction of sp³-hybridized carbons (Fsp3) is 0.422. The van der Waals surface area contributed by atoms with Crippen molar-refractivity contribution in [3.05, 3.63) is 156 Å². The lowest BCUT2D eigenvalue weighted by Crippen LogP contribution is -2.66. The number of nitrogens with one attached hydrogen (secondary N) is 3. The Hall–Kier alpha value is -9.29. The standard InChI is InChI=1S/C64H74N10O18/c1-39(75)69-53-57(90-42(4)78)56(89-41(3)77)51(35-86-40(2)76)92-63(53)85-30-14-13-19-52(79)65-28-31-84-32-29-73-33-47(71-72-73)34-87-58-55(80)50(91-62(58)74-38-68-54-59(66-37-67-60(54)74)70-61(81)43-15-9-7-10-16-43)36-88-64(44-17-11-8-12-18-44,45-20-24-48(82-5)25-21-45)46-22-26-49(83-6)27-23-46/h7-12,15-18,20-27,33,37-38,50-51,53,55-58,62-63,80H,13-14,19,28-32,34-36H2,1-6H3,(H,65,79)(H,69,75)(H,66,67,70,81)/t50-,51?,53?,55-,56?,57?,58-,62-,63?/m1/s1. The van der Waals surface area contributed by atoms with Gasteiger partial charge in [0.25, 0.3) is 5.91 Å². The summed E-state index contributed by atoms with van der Waals surface area (Å²) in [4.78, 5) is 87.8. The fourth-order valence-corrected chi connectivity index (χ4v) is 10.8. The van der Waals surface area contributed by atoms with Gasteiger partial charge in [-0.3, -0.25) is 33.3 Å². The highest BCUT2D eigenvalue weighted by molar-refractivity contribution is 6.06. The lowest BCUT2D eigenvalue weighted by molar-refractivity contribution is -0.277. The third-order valence-electron chi connectivity index (χ3n) is 15.0. The Balaban J connectivity index is 0.810. The average Bonchev–Trinajstić information content (AvgIpc) is 1.23. The van der Waals surface area contributed by atoms with E-state index in [-0.39, 0.29) is 75.5 Å². The maximum absolute atomic E-state index is 13.3. The van der Waals surface area contributed by atoms with Crippen LogP contribution in [0.1, 0.15) is 85.9 Å². The Morgan fingerprint density at radius 2 is 1.35 bits per heavy atom. The van der Waals surface area contributed by atoms with E-state index in [1.807, 2.05) is 84.9 Å². The molecule has 2 aliphatic rings. The van der Waals surface area contributed by atoms with Gasteiger partial charge in [-0.1, -0.05) is 78.0 Å². The molecule has 3 aromatic heterocycles. The number of rotatable bonds is 31. The predicted octanol–water partition coefficient (Wildman–Crippen LogP) is 4.52. The molecule has 4 aromatic carbocycles. The first-order valence-electron chi connectivity index (χ1n) is 29.8. The molecule has 28 nitrogen and oxygen atoms in total. The number of carbonyl (C=O) groups excluding carboxylic acids is 6. The molecule has 2 fully saturated rings. The monoisotopic (exact) mass is 1270 g/mol. The van der Waals surface area contributed by atoms with E-state index in [1.165, 1.54) is 26.5 Å². The number of fused-ring (bicyclic) bond motifs is 1. The number of benzene rings is 4. The highest BCUT2D eigenvalue weighted by Gasteiger charge is 2.52. The largest absolute Gasteiger partial charge is 0.497 e. The maximum atomic E-state index is 13.3. The third kappa shape index (κ3) is 17.0. The van der Waals surface area contributed by atoms with Crippen LogP contribution in [0.5, 0.6) is 11.5 Å². The van der Waals surface area contributed by atoms with E-state index in [1.54, 1.807) is 53.9 Å². The molecule has 5 unspecified atom stereocenters. The van der Waals surface area contributed by atoms with E-state index in [0.29, 0.717) is 42.1 Å². The van der Waals surface area contributed by atoms with Gasteiger partial charge in [-0.25, -0.2) is 19.6 Å². The molecule has 3 amide bonds. The van der Waals surface area contributed by atoms with E-state index in [9.17, 15) is 33.9 Å². The van der Waals surface area contributed by atoms with Crippen molar-refractivity contribution in [2.75, 3.05) is 59.1 Å². The molecule has 488 valence electrons. The SMILES string of the molecule is COc1ccc(C(OC[C@H]2O[C@@H](n3cnc4c(NC(=O)c5ccccc5)ncnc43)[C@H](OCc3cn(CCOCCNC(=O)CCCCOC4OC(COC(C)=O)C(OC(C)=O)C(OC(C)=O)C4NC(C)=O)nn3)[C@@H]2O)(c2ccccc2)c2ccc(OC)cc2)cc1. The summed E-state index contributed by atoms with van der Waals surface area (Å²) >= 11 is 0. The smallest absolute Gasteiger partial charge is 0.303 e. The summed E-state index contributed by atoms with van der Waals surface area (Å²) in [6.45, 7) is 5.10. The zero-order valence-corrected chi connectivity index (χ0v) is 51.6. The van der Waals surface area contributed by atoms with Crippen LogP contribution in [0.2, 0.25) is 0 Å². The zero-order chi connectivity index (χ0) is 65.2. The first kappa shape index (κ1) is 67.1. The summed E-state index contributed by atoms with van der Waals surface area (Å²) in [7, 11) is 3.19. The first-order valence-corrected chi connectivity index (χ1v) is 29.8. The van der Waals surface area contributed by atoms with E-state index in [2.05, 4.69) is 41.2 Å². The van der Waals surface area contributed by atoms with Gasteiger partial charge in [-0.2, -0.15) is 0 Å². The van der Waals surface area contributed by atoms with Crippen LogP contribution >= 0.6 is 0 Å². The Labute approximate surface area is 529 Å². The minimum atomic E-state index is -1.31. The second-order valence-electron chi connectivity index (χ2n) is 21.5. The van der Waals surface area contributed by atoms with Gasteiger partial charge in [0.2, 0.25) is 11.8 Å². The summed E-state index contributed by atoms with van der Waals surface area (Å²) in [6, 6.07) is 32.4. The topological polar surface area (TPSA) is 335 Å². The van der Waals surface area contributed by atoms with E-state index < -0.39 is 90.5 Å². The molecule has 0 saturated carbocycles. The molecule has 0 aliphatic carbocycles. The number of nitrogens with zero attached hydrogens (tertiary/aromatic N) is 7. The van der Waals surface area contributed by atoms with Crippen molar-refractivity contribution in [2.24, 2.45) is 0 Å². The van der Waals surface area contributed by atoms with Gasteiger partial charge < -0.3 is 73.2 Å². The number of imidazole rings is 1. The minimum Gasteiger partial charge on any atom is -0.497 e. The number of carbonyl (C=O) groups is 6. The molecule has 0 spiro atoms. The Bertz CT molecular complexity index is 3530. The molecular formula is C64H74N10O18. The molecule has 0 bridgehead atoms. The lowest BCUT2D eigenvalue weighted by Gasteiger charge is -2.44. The third-order valence-corrected chi connectivity index (χ3v) is 15.0. The summed E-state index contributed by atoms with van der Waals surface area (Å²) < 4.78 is 68.7. The molecule has 9 atom stereocenters. The van der Waals surface area contributed by atoms with Crippen LogP contribution in [0, 0.1) is 0 Å². The number of esters is 3. The molecule has 5 heterocycles. The quantitative estimate of drug-likeness (QED) is 0.0201. The molecule has 0 radical (unpaired) electrons. The zero-order valence-electron chi connectivity index (χ0n) is 51.6. The number of unbranched alkanes of at least 4 members (excludes halogenated alkanes) is 1. The normalized spacial score (nSPS) is 20.4. The van der Waals surface area contributed by atoms with Gasteiger partial charge in [-0.15, -0.1) is 5.10 Å². The maximum Gasteiger partial charge on any atom is 0.303 e. The molecule has 9 rings (SSSR count). The summed E-state index contributed by atoms with van der Waals surface area (Å²) in [5.41, 5.74) is 2.47. The van der Waals surface area contributed by atoms with Crippen LogP contribution in [0.4, 0.5) is 5.82 Å². The average molecular weight is 1270 g/mol. The lowest BCUT2D eigenvalue weighted by atomic mass is 9.80. The number of methoxy groups -OCH3 is 2. The molecule has 92 heavy (non-hydrogen) atoms. The van der Waals surface area contributed by atoms with Gasteiger partial charge in [0.05, 0.1) is 59.7 Å². The van der Waals surface area contributed by atoms with Crippen LogP contribution in [0.15, 0.2) is 128 Å². The first-order chi connectivity index (χ1) is 44.5. The molecule has 7 aromatic rings. The van der Waals surface area contributed by atoms with Crippen molar-refractivity contribution < 1.29 is 86.0 Å². The molecule has 28 heteroatoms. The number of hydrogen-bond acceptors (Lipinski definition) is 23. The van der Waals surface area contributed by atoms with Crippen molar-refractivity contribution in [3.8, 4) is 11.5 Å². The van der Waals surface area contributed by atoms with Crippen LogP contribution in [-0.4, -0.2) is 178 Å². The number of aromatic nitrogens is 7. The second-order valence-corrected chi connectivity index (χ2v) is 21.5. The number of hydrogen-bond donors (Lipinski definition) is 4. The Kier molecular flexibility index (Phi) is 23.4. The van der Waals surface area contributed by atoms with Crippen molar-refractivity contribution in [1.29, 1.82) is 0 Å². The van der Waals surface area contributed by atoms with E-state index in [0.717, 1.165) is 30.5 Å². The predicted molar refractivity (Wildman–Crippen MR) is 324 cm³/mol. The van der Waals surface area contributed by atoms with Gasteiger partial charge in [0, 0.05) is 52.8 Å². The van der Waals surface area contributed by atoms with Crippen molar-refractivity contribution in [1.82, 2.24) is 45.1 Å². The van der Waals surface area contributed by atoms with Crippen LogP contribution in [-0.2, 0) is 85.4 Å². The Morgan fingerprint density at radius 1 is 0.685 bits per heavy atom. The minimum absolute atomic E-state index is 0.0555. The Morgan fingerprint density at radius 3 is 2.00 bits per heavy atom. The van der Waals surface area contributed by atoms with Crippen molar-refractivity contribution in [3.63, 3.8) is 0 Å². The number of ether oxygens (including phenoxy) is 11. The van der Waals surface area contributed by atoms with Gasteiger partial charge >= 0.3 is 17.9 Å². The highest BCUT2D eigenvalue weighted by atomic mass is 16.7. The van der Waals surface area contributed by atoms with E-state index >= 15 is 0 Å². The molecule has 2 saturated heterocycles. The van der Waals surface area contributed by atoms with E-state index in [4.69, 9.17) is 52.1 Å². The number of amides is 3.